The molecule has 0 atom stereocenters. The molecule has 0 amide bonds. The Bertz CT molecular complexity index is 5380. The van der Waals surface area contributed by atoms with Crippen molar-refractivity contribution in [2.45, 2.75) is 0 Å². The van der Waals surface area contributed by atoms with Gasteiger partial charge in [0.15, 0.2) is 46.6 Å². The van der Waals surface area contributed by atoms with E-state index in [0.29, 0.717) is 113 Å². The summed E-state index contributed by atoms with van der Waals surface area (Å²) in [4.78, 5) is 105. The maximum atomic E-state index is 15.1. The van der Waals surface area contributed by atoms with Crippen LogP contribution < -0.4 is 0 Å². The average Bonchev–Trinajstić information content (AvgIpc) is 2.82. The van der Waals surface area contributed by atoms with Crippen molar-refractivity contribution >= 4 is 100 Å². The summed E-state index contributed by atoms with van der Waals surface area (Å²) in [5.74, 6) is 1.24. The van der Waals surface area contributed by atoms with Crippen molar-refractivity contribution in [2.24, 2.45) is 0 Å². The fourth-order valence-electron chi connectivity index (χ4n) is 11.9. The lowest BCUT2D eigenvalue weighted by Gasteiger charge is -2.06. The SMILES string of the molecule is O=C(OC(=O)c1cccc2c3nc4nc(nc5[nH]c(nc6nc(nc([nH]3)c12)-c1ccccc1-6)c1ccccc51)-c1ccccc1-4)c1cccc2c3nc4nc(nc5[nH]c(nc6nc(nc([nH]3)c12)-c1ccccc1-6)c1ccccc51)-c1ccccc1-4. The summed E-state index contributed by atoms with van der Waals surface area (Å²) in [5.41, 5.74) is 9.43. The van der Waals surface area contributed by atoms with Crippen molar-refractivity contribution < 1.29 is 14.3 Å². The monoisotopic (exact) mass is 1100 g/mol. The minimum absolute atomic E-state index is 0.0298. The van der Waals surface area contributed by atoms with Gasteiger partial charge in [-0.1, -0.05) is 170 Å². The van der Waals surface area contributed by atoms with Crippen molar-refractivity contribution in [2.75, 3.05) is 0 Å². The van der Waals surface area contributed by atoms with Gasteiger partial charge in [-0.25, -0.2) is 69.4 Å². The predicted molar refractivity (Wildman–Crippen MR) is 322 cm³/mol. The lowest BCUT2D eigenvalue weighted by atomic mass is 10.1. The van der Waals surface area contributed by atoms with Crippen LogP contribution in [-0.2, 0) is 4.74 Å². The molecule has 0 saturated carbocycles. The predicted octanol–water partition coefficient (Wildman–Crippen LogP) is 13.0. The van der Waals surface area contributed by atoms with Crippen LogP contribution >= 0.6 is 0 Å². The quantitative estimate of drug-likeness (QED) is 0.0926. The Hall–Kier alpha value is -12.4. The molecule has 0 fully saturated rings. The van der Waals surface area contributed by atoms with E-state index in [0.717, 1.165) is 54.9 Å². The van der Waals surface area contributed by atoms with Crippen LogP contribution in [0.2, 0.25) is 0 Å². The average molecular weight is 1100 g/mol. The lowest BCUT2D eigenvalue weighted by Crippen LogP contribution is -2.13. The first kappa shape index (κ1) is 46.4. The number of benzene rings is 8. The Morgan fingerprint density at radius 1 is 0.235 bits per heavy atom. The maximum Gasteiger partial charge on any atom is 0.346 e. The van der Waals surface area contributed by atoms with E-state index in [2.05, 4.69) is 19.9 Å². The zero-order chi connectivity index (χ0) is 56.0. The first-order valence-electron chi connectivity index (χ1n) is 27.1. The molecule has 16 bridgehead atoms. The molecule has 18 rings (SSSR count). The van der Waals surface area contributed by atoms with E-state index in [9.17, 15) is 0 Å². The van der Waals surface area contributed by atoms with Crippen molar-refractivity contribution in [3.05, 3.63) is 193 Å². The summed E-state index contributed by atoms with van der Waals surface area (Å²) < 4.78 is 6.01. The number of hydrogen-bond donors (Lipinski definition) is 4. The van der Waals surface area contributed by atoms with Crippen LogP contribution in [-0.4, -0.2) is 91.7 Å². The topological polar surface area (TPSA) is 261 Å². The van der Waals surface area contributed by atoms with Crippen LogP contribution in [0.4, 0.5) is 0 Å². The summed E-state index contributed by atoms with van der Waals surface area (Å²) in [6, 6.07) is 56.8. The molecule has 0 unspecified atom stereocenters. The third-order valence-electron chi connectivity index (χ3n) is 15.8. The minimum Gasteiger partial charge on any atom is -0.386 e. The van der Waals surface area contributed by atoms with Gasteiger partial charge in [0, 0.05) is 87.6 Å². The largest absolute Gasteiger partial charge is 0.386 e. The number of rotatable bonds is 2. The van der Waals surface area contributed by atoms with Crippen molar-refractivity contribution in [1.29, 1.82) is 0 Å². The Morgan fingerprint density at radius 3 is 0.718 bits per heavy atom. The van der Waals surface area contributed by atoms with Crippen molar-refractivity contribution in [3.63, 3.8) is 0 Å². The van der Waals surface area contributed by atoms with Crippen LogP contribution in [0, 0.1) is 0 Å². The van der Waals surface area contributed by atoms with Gasteiger partial charge < -0.3 is 24.7 Å². The molecule has 4 N–H and O–H groups in total. The van der Waals surface area contributed by atoms with Crippen molar-refractivity contribution in [3.8, 4) is 91.1 Å². The number of hydrogen-bond acceptors (Lipinski definition) is 15. The van der Waals surface area contributed by atoms with Gasteiger partial charge in [0.05, 0.1) is 11.1 Å². The summed E-state index contributed by atoms with van der Waals surface area (Å²) in [7, 11) is 0. The van der Waals surface area contributed by atoms with Gasteiger partial charge in [0.25, 0.3) is 0 Å². The number of aromatic nitrogens is 16. The van der Waals surface area contributed by atoms with Gasteiger partial charge in [-0.2, -0.15) is 0 Å². The van der Waals surface area contributed by atoms with E-state index < -0.39 is 11.9 Å². The van der Waals surface area contributed by atoms with E-state index in [4.69, 9.17) is 64.5 Å². The molecule has 0 saturated heterocycles. The highest BCUT2D eigenvalue weighted by atomic mass is 16.6. The second-order valence-electron chi connectivity index (χ2n) is 20.6. The third-order valence-corrected chi connectivity index (χ3v) is 15.8. The summed E-state index contributed by atoms with van der Waals surface area (Å²) in [6.07, 6.45) is 0. The van der Waals surface area contributed by atoms with Crippen LogP contribution in [0.15, 0.2) is 182 Å². The number of aromatic amines is 4. The number of carbonyl (C=O) groups is 2. The second-order valence-corrected chi connectivity index (χ2v) is 20.6. The van der Waals surface area contributed by atoms with Crippen LogP contribution in [0.5, 0.6) is 0 Å². The van der Waals surface area contributed by atoms with Gasteiger partial charge >= 0.3 is 11.9 Å². The lowest BCUT2D eigenvalue weighted by molar-refractivity contribution is 0.0400. The van der Waals surface area contributed by atoms with Gasteiger partial charge in [-0.15, -0.1) is 0 Å². The first-order chi connectivity index (χ1) is 41.9. The van der Waals surface area contributed by atoms with E-state index in [1.807, 2.05) is 158 Å². The normalized spacial score (nSPS) is 12.1. The molecule has 0 radical (unpaired) electrons. The fraction of sp³-hybridized carbons (Fsp3) is 0. The molecule has 0 spiro atoms. The number of carbonyl (C=O) groups excluding carboxylic acids is 2. The molecule has 8 aromatic carbocycles. The molecular formula is C66H34N16O3. The van der Waals surface area contributed by atoms with Crippen molar-refractivity contribution in [1.82, 2.24) is 79.7 Å². The highest BCUT2D eigenvalue weighted by Crippen LogP contribution is 2.40. The number of nitrogens with zero attached hydrogens (tertiary/aromatic N) is 12. The molecule has 0 aliphatic carbocycles. The highest BCUT2D eigenvalue weighted by Gasteiger charge is 2.28. The molecular weight excluding hydrogens is 1060 g/mol. The van der Waals surface area contributed by atoms with E-state index in [1.54, 1.807) is 24.3 Å². The Kier molecular flexibility index (Phi) is 9.58. The molecule has 396 valence electrons. The minimum atomic E-state index is -0.952. The van der Waals surface area contributed by atoms with Gasteiger partial charge in [0.1, 0.15) is 45.2 Å². The molecule has 10 heterocycles. The van der Waals surface area contributed by atoms with E-state index in [-0.39, 0.29) is 22.4 Å². The molecule has 14 aromatic rings. The first-order valence-corrected chi connectivity index (χ1v) is 27.1. The van der Waals surface area contributed by atoms with Crippen LogP contribution in [0.25, 0.3) is 179 Å². The molecule has 85 heavy (non-hydrogen) atoms. The Balaban J connectivity index is 0.839. The van der Waals surface area contributed by atoms with E-state index >= 15 is 9.59 Å². The molecule has 4 aliphatic rings. The Morgan fingerprint density at radius 2 is 0.447 bits per heavy atom. The highest BCUT2D eigenvalue weighted by molar-refractivity contribution is 6.20. The van der Waals surface area contributed by atoms with Crippen LogP contribution in [0.1, 0.15) is 20.7 Å². The number of H-pyrrole nitrogens is 4. The maximum absolute atomic E-state index is 15.1. The smallest absolute Gasteiger partial charge is 0.346 e. The number of esters is 2. The molecule has 4 aliphatic heterocycles. The molecule has 19 nitrogen and oxygen atoms in total. The van der Waals surface area contributed by atoms with E-state index in [1.165, 1.54) is 0 Å². The van der Waals surface area contributed by atoms with Crippen LogP contribution in [0.3, 0.4) is 0 Å². The number of nitrogens with one attached hydrogen (secondary N) is 4. The zero-order valence-corrected chi connectivity index (χ0v) is 43.9. The third kappa shape index (κ3) is 7.07. The summed E-state index contributed by atoms with van der Waals surface area (Å²) >= 11 is 0. The van der Waals surface area contributed by atoms with Gasteiger partial charge in [-0.05, 0) is 12.1 Å². The summed E-state index contributed by atoms with van der Waals surface area (Å²) in [5, 5.41) is 5.06. The summed E-state index contributed by atoms with van der Waals surface area (Å²) in [6.45, 7) is 0. The number of fused-ring (bicyclic) bond motifs is 40. The fourth-order valence-corrected chi connectivity index (χ4v) is 11.9. The van der Waals surface area contributed by atoms with Gasteiger partial charge in [0.2, 0.25) is 0 Å². The Labute approximate surface area is 476 Å². The van der Waals surface area contributed by atoms with Gasteiger partial charge in [-0.3, -0.25) is 0 Å². The standard InChI is InChI=1S/C66H34N16O3/c83-65(45-29-13-27-43-47(45)63-79-59-41-25-11-9-23-39(41)55(75-59)71-51-33-17-3-1-15-31(33)49(67-51)69-53-35-19-5-7-21-37(35)57(73-53)77-61(43)81-63)85-66(84)46-30-14-28-44-48(46)64-80-60-42-26-12-10-24-40(42)56(76-60)72-52-34-18-4-2-16-32(34)50(68-52)70-54-36-20-6-8-22-38(36)58(74-54)78-62(44)82-64/h1-30H,(H2,67,69,71,73,75,77,79,81)(H2,68,70,72,74,76,78,80,82). The zero-order valence-electron chi connectivity index (χ0n) is 43.9. The molecule has 6 aromatic heterocycles. The second kappa shape index (κ2) is 17.6. The number of ether oxygens (including phenoxy) is 1. The molecule has 19 heteroatoms.